The van der Waals surface area contributed by atoms with Crippen molar-refractivity contribution in [3.8, 4) is 17.1 Å². The van der Waals surface area contributed by atoms with Gasteiger partial charge in [0, 0.05) is 48.1 Å². The molecule has 4 aromatic rings. The molecule has 1 aromatic carbocycles. The second-order valence-corrected chi connectivity index (χ2v) is 7.21. The smallest absolute Gasteiger partial charge is 0.243 e. The summed E-state index contributed by atoms with van der Waals surface area (Å²) in [5.41, 5.74) is 3.03. The molecule has 30 heavy (non-hydrogen) atoms. The Morgan fingerprint density at radius 3 is 2.93 bits per heavy atom. The summed E-state index contributed by atoms with van der Waals surface area (Å²) >= 11 is 0. The average Bonchev–Trinajstić information content (AvgIpc) is 3.33. The lowest BCUT2D eigenvalue weighted by molar-refractivity contribution is -0.122. The van der Waals surface area contributed by atoms with E-state index in [1.807, 2.05) is 38.2 Å². The predicted octanol–water partition coefficient (Wildman–Crippen LogP) is 1.98. The molecule has 0 aliphatic heterocycles. The zero-order chi connectivity index (χ0) is 21.1. The van der Waals surface area contributed by atoms with Gasteiger partial charge in [0.2, 0.25) is 11.7 Å². The number of carbonyl (C=O) groups excluding carboxylic acids is 1. The van der Waals surface area contributed by atoms with Crippen LogP contribution in [0.1, 0.15) is 12.5 Å². The topological polar surface area (TPSA) is 99.8 Å². The third-order valence-corrected chi connectivity index (χ3v) is 4.87. The average molecular weight is 405 g/mol. The van der Waals surface area contributed by atoms with E-state index in [0.717, 1.165) is 27.8 Å². The van der Waals surface area contributed by atoms with E-state index in [4.69, 9.17) is 4.74 Å². The first-order valence-electron chi connectivity index (χ1n) is 9.63. The quantitative estimate of drug-likeness (QED) is 0.505. The first kappa shape index (κ1) is 19.6. The van der Waals surface area contributed by atoms with Crippen molar-refractivity contribution < 1.29 is 9.53 Å². The number of nitrogens with one attached hydrogen (secondary N) is 1. The first-order valence-corrected chi connectivity index (χ1v) is 9.63. The number of nitrogens with zero attached hydrogens (tertiary/aromatic N) is 6. The van der Waals surface area contributed by atoms with Gasteiger partial charge in [0.25, 0.3) is 0 Å². The van der Waals surface area contributed by atoms with Crippen LogP contribution in [0.2, 0.25) is 0 Å². The molecular formula is C21H23N7O2. The molecule has 0 bridgehead atoms. The fourth-order valence-corrected chi connectivity index (χ4v) is 3.49. The number of aromatic nitrogens is 6. The van der Waals surface area contributed by atoms with Crippen LogP contribution in [0.15, 0.2) is 48.9 Å². The number of fused-ring (bicyclic) bond motifs is 1. The summed E-state index contributed by atoms with van der Waals surface area (Å²) in [6.07, 6.45) is 6.12. The van der Waals surface area contributed by atoms with Crippen molar-refractivity contribution in [1.82, 2.24) is 35.1 Å². The number of hydrogen-bond donors (Lipinski definition) is 1. The van der Waals surface area contributed by atoms with Crippen LogP contribution >= 0.6 is 0 Å². The summed E-state index contributed by atoms with van der Waals surface area (Å²) in [7, 11) is 3.67. The van der Waals surface area contributed by atoms with Gasteiger partial charge >= 0.3 is 0 Å². The van der Waals surface area contributed by atoms with Crippen molar-refractivity contribution in [3.63, 3.8) is 0 Å². The summed E-state index contributed by atoms with van der Waals surface area (Å²) in [4.78, 5) is 17.8. The van der Waals surface area contributed by atoms with Crippen molar-refractivity contribution in [2.75, 3.05) is 7.11 Å². The lowest BCUT2D eigenvalue weighted by atomic mass is 10.1. The van der Waals surface area contributed by atoms with E-state index in [1.165, 1.54) is 4.80 Å². The van der Waals surface area contributed by atoms with Crippen LogP contribution in [0, 0.1) is 0 Å². The highest BCUT2D eigenvalue weighted by Gasteiger charge is 2.15. The van der Waals surface area contributed by atoms with Crippen LogP contribution < -0.4 is 10.1 Å². The summed E-state index contributed by atoms with van der Waals surface area (Å²) < 4.78 is 7.43. The Morgan fingerprint density at radius 2 is 2.17 bits per heavy atom. The van der Waals surface area contributed by atoms with Gasteiger partial charge in [-0.2, -0.15) is 4.80 Å². The van der Waals surface area contributed by atoms with Crippen molar-refractivity contribution >= 4 is 16.8 Å². The van der Waals surface area contributed by atoms with Gasteiger partial charge in [0.15, 0.2) is 0 Å². The van der Waals surface area contributed by atoms with Crippen molar-refractivity contribution in [1.29, 1.82) is 0 Å². The Labute approximate surface area is 173 Å². The Hall–Kier alpha value is -3.75. The third kappa shape index (κ3) is 4.14. The standard InChI is InChI=1S/C21H23N7O2/c1-14(9-16-12-27(2)19-7-6-17(30-3)10-18(16)19)23-20(29)13-28-25-21(24-26-28)15-5-4-8-22-11-15/h4-8,10-12,14H,9,13H2,1-3H3,(H,23,29)/t14-/m1/s1. The predicted molar refractivity (Wildman–Crippen MR) is 112 cm³/mol. The maximum Gasteiger partial charge on any atom is 0.243 e. The number of tetrazole rings is 1. The molecule has 1 amide bonds. The number of carbonyl (C=O) groups is 1. The number of ether oxygens (including phenoxy) is 1. The molecule has 9 nitrogen and oxygen atoms in total. The molecule has 0 fully saturated rings. The first-order chi connectivity index (χ1) is 14.5. The van der Waals surface area contributed by atoms with Crippen molar-refractivity contribution in [2.24, 2.45) is 7.05 Å². The van der Waals surface area contributed by atoms with Crippen LogP contribution in [0.4, 0.5) is 0 Å². The molecule has 0 saturated carbocycles. The van der Waals surface area contributed by atoms with E-state index in [-0.39, 0.29) is 18.5 Å². The summed E-state index contributed by atoms with van der Waals surface area (Å²) in [5, 5.41) is 16.3. The molecular weight excluding hydrogens is 382 g/mol. The Bertz CT molecular complexity index is 1170. The van der Waals surface area contributed by atoms with Crippen LogP contribution in [0.25, 0.3) is 22.3 Å². The molecule has 0 aliphatic carbocycles. The fourth-order valence-electron chi connectivity index (χ4n) is 3.49. The molecule has 1 N–H and O–H groups in total. The van der Waals surface area contributed by atoms with Crippen molar-refractivity contribution in [3.05, 3.63) is 54.5 Å². The second kappa shape index (κ2) is 8.32. The minimum Gasteiger partial charge on any atom is -0.497 e. The third-order valence-electron chi connectivity index (χ3n) is 4.87. The zero-order valence-electron chi connectivity index (χ0n) is 17.1. The lowest BCUT2D eigenvalue weighted by Crippen LogP contribution is -2.36. The van der Waals surface area contributed by atoms with Crippen LogP contribution in [-0.4, -0.2) is 48.8 Å². The van der Waals surface area contributed by atoms with Gasteiger partial charge < -0.3 is 14.6 Å². The highest BCUT2D eigenvalue weighted by molar-refractivity contribution is 5.85. The lowest BCUT2D eigenvalue weighted by Gasteiger charge is -2.13. The second-order valence-electron chi connectivity index (χ2n) is 7.21. The van der Waals surface area contributed by atoms with Gasteiger partial charge in [-0.3, -0.25) is 9.78 Å². The molecule has 0 unspecified atom stereocenters. The molecule has 0 saturated heterocycles. The Kier molecular flexibility index (Phi) is 5.42. The van der Waals surface area contributed by atoms with Gasteiger partial charge in [-0.15, -0.1) is 10.2 Å². The molecule has 3 aromatic heterocycles. The van der Waals surface area contributed by atoms with Crippen LogP contribution in [0.3, 0.4) is 0 Å². The van der Waals surface area contributed by atoms with E-state index in [1.54, 1.807) is 25.6 Å². The highest BCUT2D eigenvalue weighted by Crippen LogP contribution is 2.26. The van der Waals surface area contributed by atoms with Gasteiger partial charge in [0.1, 0.15) is 12.3 Å². The number of aryl methyl sites for hydroxylation is 1. The number of pyridine rings is 1. The summed E-state index contributed by atoms with van der Waals surface area (Å²) in [6.45, 7) is 1.98. The summed E-state index contributed by atoms with van der Waals surface area (Å²) in [6, 6.07) is 9.59. The monoisotopic (exact) mass is 405 g/mol. The molecule has 0 spiro atoms. The van der Waals surface area contributed by atoms with Gasteiger partial charge in [-0.1, -0.05) is 0 Å². The van der Waals surface area contributed by atoms with Crippen LogP contribution in [0.5, 0.6) is 5.75 Å². The van der Waals surface area contributed by atoms with Crippen molar-refractivity contribution in [2.45, 2.75) is 25.9 Å². The fraction of sp³-hybridized carbons (Fsp3) is 0.286. The molecule has 9 heteroatoms. The molecule has 154 valence electrons. The highest BCUT2D eigenvalue weighted by atomic mass is 16.5. The summed E-state index contributed by atoms with van der Waals surface area (Å²) in [5.74, 6) is 1.08. The Morgan fingerprint density at radius 1 is 1.30 bits per heavy atom. The number of hydrogen-bond acceptors (Lipinski definition) is 6. The number of methoxy groups -OCH3 is 1. The van der Waals surface area contributed by atoms with Gasteiger partial charge in [-0.05, 0) is 54.5 Å². The van der Waals surface area contributed by atoms with E-state index < -0.39 is 0 Å². The maximum atomic E-state index is 12.5. The molecule has 3 heterocycles. The SMILES string of the molecule is COc1ccc2c(c1)c(C[C@@H](C)NC(=O)Cn1nnc(-c3cccnc3)n1)cn2C. The van der Waals surface area contributed by atoms with Crippen LogP contribution in [-0.2, 0) is 24.8 Å². The van der Waals surface area contributed by atoms with E-state index in [9.17, 15) is 4.79 Å². The minimum atomic E-state index is -0.171. The number of benzene rings is 1. The molecule has 1 atom stereocenters. The molecule has 0 aliphatic rings. The van der Waals surface area contributed by atoms with E-state index in [0.29, 0.717) is 12.2 Å². The van der Waals surface area contributed by atoms with Gasteiger partial charge in [0.05, 0.1) is 7.11 Å². The molecule has 4 rings (SSSR count). The van der Waals surface area contributed by atoms with E-state index in [2.05, 4.69) is 36.5 Å². The number of amides is 1. The zero-order valence-corrected chi connectivity index (χ0v) is 17.1. The van der Waals surface area contributed by atoms with Gasteiger partial charge in [-0.25, -0.2) is 0 Å². The number of rotatable bonds is 7. The minimum absolute atomic E-state index is 0.000955. The normalized spacial score (nSPS) is 12.1. The van der Waals surface area contributed by atoms with E-state index >= 15 is 0 Å². The largest absolute Gasteiger partial charge is 0.497 e. The Balaban J connectivity index is 1.40. The molecule has 0 radical (unpaired) electrons. The maximum absolute atomic E-state index is 12.5.